The number of ether oxygens (including phenoxy) is 1. The minimum Gasteiger partial charge on any atom is -0.490 e. The van der Waals surface area contributed by atoms with Crippen LogP contribution in [0.1, 0.15) is 57.6 Å². The fourth-order valence-electron chi connectivity index (χ4n) is 4.02. The van der Waals surface area contributed by atoms with Crippen molar-refractivity contribution < 1.29 is 9.13 Å². The van der Waals surface area contributed by atoms with Gasteiger partial charge in [-0.05, 0) is 49.4 Å². The van der Waals surface area contributed by atoms with Crippen LogP contribution in [-0.4, -0.2) is 12.6 Å². The molecule has 1 aromatic rings. The lowest BCUT2D eigenvalue weighted by Crippen LogP contribution is -2.39. The van der Waals surface area contributed by atoms with Crippen molar-refractivity contribution in [3.63, 3.8) is 0 Å². The van der Waals surface area contributed by atoms with Crippen molar-refractivity contribution in [3.8, 4) is 5.75 Å². The zero-order chi connectivity index (χ0) is 14.8. The van der Waals surface area contributed by atoms with Gasteiger partial charge in [-0.25, -0.2) is 4.39 Å². The van der Waals surface area contributed by atoms with E-state index in [1.165, 1.54) is 31.7 Å². The van der Waals surface area contributed by atoms with E-state index in [0.29, 0.717) is 5.92 Å². The maximum atomic E-state index is 13.5. The Morgan fingerprint density at radius 1 is 1.29 bits per heavy atom. The Morgan fingerprint density at radius 3 is 2.90 bits per heavy atom. The van der Waals surface area contributed by atoms with Crippen molar-refractivity contribution in [2.75, 3.05) is 6.54 Å². The zero-order valence-corrected chi connectivity index (χ0v) is 13.1. The van der Waals surface area contributed by atoms with Crippen molar-refractivity contribution in [1.29, 1.82) is 0 Å². The second-order valence-electron chi connectivity index (χ2n) is 6.72. The molecule has 0 spiro atoms. The largest absolute Gasteiger partial charge is 0.490 e. The average Bonchev–Trinajstić information content (AvgIpc) is 2.48. The van der Waals surface area contributed by atoms with Crippen LogP contribution in [0.15, 0.2) is 18.2 Å². The fourth-order valence-corrected chi connectivity index (χ4v) is 4.02. The van der Waals surface area contributed by atoms with Gasteiger partial charge in [-0.2, -0.15) is 0 Å². The third-order valence-corrected chi connectivity index (χ3v) is 5.05. The summed E-state index contributed by atoms with van der Waals surface area (Å²) in [6, 6.07) is 5.15. The van der Waals surface area contributed by atoms with E-state index < -0.39 is 0 Å². The molecule has 1 aliphatic heterocycles. The summed E-state index contributed by atoms with van der Waals surface area (Å²) in [5.74, 6) is 2.15. The summed E-state index contributed by atoms with van der Waals surface area (Å²) >= 11 is 0. The fraction of sp³-hybridized carbons (Fsp3) is 0.667. The Hall–Kier alpha value is -1.09. The van der Waals surface area contributed by atoms with E-state index in [2.05, 4.69) is 19.2 Å². The van der Waals surface area contributed by atoms with Crippen LogP contribution in [-0.2, 0) is 0 Å². The van der Waals surface area contributed by atoms with Gasteiger partial charge in [0.1, 0.15) is 17.7 Å². The van der Waals surface area contributed by atoms with Crippen LogP contribution in [0.3, 0.4) is 0 Å². The van der Waals surface area contributed by atoms with E-state index in [1.54, 1.807) is 12.1 Å². The standard InChI is InChI=1S/C18H26FNO/c1-3-20-16-11-18(13-6-4-5-12(2)9-13)21-17-8-7-14(19)10-15(16)17/h7-8,10,12-13,16,18,20H,3-6,9,11H2,1-2H3. The highest BCUT2D eigenvalue weighted by Gasteiger charge is 2.35. The third-order valence-electron chi connectivity index (χ3n) is 5.05. The molecule has 4 unspecified atom stereocenters. The molecule has 0 radical (unpaired) electrons. The number of nitrogens with one attached hydrogen (secondary N) is 1. The van der Waals surface area contributed by atoms with E-state index in [-0.39, 0.29) is 18.0 Å². The lowest BCUT2D eigenvalue weighted by Gasteiger charge is -2.39. The summed E-state index contributed by atoms with van der Waals surface area (Å²) in [6.07, 6.45) is 6.43. The molecule has 2 nitrogen and oxygen atoms in total. The Balaban J connectivity index is 1.81. The van der Waals surface area contributed by atoms with Crippen molar-refractivity contribution >= 4 is 0 Å². The average molecular weight is 291 g/mol. The number of hydrogen-bond donors (Lipinski definition) is 1. The predicted octanol–water partition coefficient (Wildman–Crippen LogP) is 4.45. The van der Waals surface area contributed by atoms with E-state index in [4.69, 9.17) is 4.74 Å². The number of fused-ring (bicyclic) bond motifs is 1. The summed E-state index contributed by atoms with van der Waals surface area (Å²) < 4.78 is 19.8. The van der Waals surface area contributed by atoms with Crippen LogP contribution in [0.2, 0.25) is 0 Å². The summed E-state index contributed by atoms with van der Waals surface area (Å²) in [4.78, 5) is 0. The number of hydrogen-bond acceptors (Lipinski definition) is 2. The summed E-state index contributed by atoms with van der Waals surface area (Å²) in [6.45, 7) is 5.35. The highest BCUT2D eigenvalue weighted by atomic mass is 19.1. The molecule has 0 aromatic heterocycles. The summed E-state index contributed by atoms with van der Waals surface area (Å²) in [5, 5.41) is 3.50. The first-order chi connectivity index (χ1) is 10.2. The summed E-state index contributed by atoms with van der Waals surface area (Å²) in [5.41, 5.74) is 0.983. The van der Waals surface area contributed by atoms with Gasteiger partial charge in [0.25, 0.3) is 0 Å². The van der Waals surface area contributed by atoms with Gasteiger partial charge in [-0.1, -0.05) is 26.7 Å². The molecule has 21 heavy (non-hydrogen) atoms. The van der Waals surface area contributed by atoms with Crippen LogP contribution >= 0.6 is 0 Å². The molecule has 0 bridgehead atoms. The molecule has 0 saturated heterocycles. The predicted molar refractivity (Wildman–Crippen MR) is 83.0 cm³/mol. The lowest BCUT2D eigenvalue weighted by atomic mass is 9.77. The monoisotopic (exact) mass is 291 g/mol. The molecule has 1 N–H and O–H groups in total. The molecular formula is C18H26FNO. The van der Waals surface area contributed by atoms with Gasteiger partial charge in [0.05, 0.1) is 0 Å². The molecule has 1 heterocycles. The molecule has 4 atom stereocenters. The van der Waals surface area contributed by atoms with Crippen molar-refractivity contribution in [2.45, 2.75) is 58.1 Å². The quantitative estimate of drug-likeness (QED) is 0.888. The van der Waals surface area contributed by atoms with Gasteiger partial charge in [-0.15, -0.1) is 0 Å². The SMILES string of the molecule is CCNC1CC(C2CCCC(C)C2)Oc2ccc(F)cc21. The first-order valence-electron chi connectivity index (χ1n) is 8.37. The highest BCUT2D eigenvalue weighted by Crippen LogP contribution is 2.41. The molecule has 3 rings (SSSR count). The van der Waals surface area contributed by atoms with E-state index >= 15 is 0 Å². The van der Waals surface area contributed by atoms with Crippen LogP contribution < -0.4 is 10.1 Å². The number of rotatable bonds is 3. The zero-order valence-electron chi connectivity index (χ0n) is 13.1. The first-order valence-corrected chi connectivity index (χ1v) is 8.37. The van der Waals surface area contributed by atoms with Crippen LogP contribution in [0.5, 0.6) is 5.75 Å². The molecule has 0 amide bonds. The van der Waals surface area contributed by atoms with E-state index in [1.807, 2.05) is 0 Å². The summed E-state index contributed by atoms with van der Waals surface area (Å²) in [7, 11) is 0. The topological polar surface area (TPSA) is 21.3 Å². The third kappa shape index (κ3) is 3.23. The van der Waals surface area contributed by atoms with Crippen molar-refractivity contribution in [2.24, 2.45) is 11.8 Å². The molecule has 2 aliphatic rings. The lowest BCUT2D eigenvalue weighted by molar-refractivity contribution is 0.0617. The maximum absolute atomic E-state index is 13.5. The van der Waals surface area contributed by atoms with Gasteiger partial charge < -0.3 is 10.1 Å². The molecule has 116 valence electrons. The van der Waals surface area contributed by atoms with E-state index in [0.717, 1.165) is 30.2 Å². The number of halogens is 1. The molecule has 1 saturated carbocycles. The highest BCUT2D eigenvalue weighted by molar-refractivity contribution is 5.38. The second-order valence-corrected chi connectivity index (χ2v) is 6.72. The normalized spacial score (nSPS) is 32.3. The minimum atomic E-state index is -0.176. The van der Waals surface area contributed by atoms with Gasteiger partial charge in [0, 0.05) is 18.0 Å². The van der Waals surface area contributed by atoms with Crippen LogP contribution in [0.25, 0.3) is 0 Å². The van der Waals surface area contributed by atoms with Crippen molar-refractivity contribution in [3.05, 3.63) is 29.6 Å². The van der Waals surface area contributed by atoms with Crippen molar-refractivity contribution in [1.82, 2.24) is 5.32 Å². The van der Waals surface area contributed by atoms with Crippen LogP contribution in [0, 0.1) is 17.7 Å². The molecular weight excluding hydrogens is 265 g/mol. The van der Waals surface area contributed by atoms with Gasteiger partial charge in [0.2, 0.25) is 0 Å². The van der Waals surface area contributed by atoms with Crippen LogP contribution in [0.4, 0.5) is 4.39 Å². The Kier molecular flexibility index (Phi) is 4.48. The Bertz CT molecular complexity index is 490. The second kappa shape index (κ2) is 6.35. The molecule has 1 aromatic carbocycles. The van der Waals surface area contributed by atoms with E-state index in [9.17, 15) is 4.39 Å². The minimum absolute atomic E-state index is 0.176. The Labute approximate surface area is 127 Å². The Morgan fingerprint density at radius 2 is 2.14 bits per heavy atom. The van der Waals surface area contributed by atoms with Gasteiger partial charge >= 0.3 is 0 Å². The first kappa shape index (κ1) is 14.8. The molecule has 1 aliphatic carbocycles. The maximum Gasteiger partial charge on any atom is 0.124 e. The smallest absolute Gasteiger partial charge is 0.124 e. The molecule has 3 heteroatoms. The van der Waals surface area contributed by atoms with Gasteiger partial charge in [0.15, 0.2) is 0 Å². The molecule has 1 fully saturated rings. The van der Waals surface area contributed by atoms with Gasteiger partial charge in [-0.3, -0.25) is 0 Å². The number of benzene rings is 1.